The molecule has 0 spiro atoms. The minimum Gasteiger partial charge on any atom is -0.495 e. The van der Waals surface area contributed by atoms with Crippen LogP contribution in [0, 0.1) is 19.3 Å². The Morgan fingerprint density at radius 1 is 1.11 bits per heavy atom. The Balaban J connectivity index is 1.42. The van der Waals surface area contributed by atoms with Gasteiger partial charge in [-0.2, -0.15) is 10.0 Å². The number of ether oxygens (including phenoxy) is 1. The van der Waals surface area contributed by atoms with Crippen molar-refractivity contribution in [3.8, 4) is 11.4 Å². The first-order valence-electron chi connectivity index (χ1n) is 11.0. The van der Waals surface area contributed by atoms with Gasteiger partial charge in [-0.25, -0.2) is 0 Å². The first kappa shape index (κ1) is 23.2. The minimum atomic E-state index is -0.430. The van der Waals surface area contributed by atoms with Gasteiger partial charge in [-0.05, 0) is 61.0 Å². The van der Waals surface area contributed by atoms with Crippen LogP contribution in [-0.2, 0) is 10.5 Å². The number of aliphatic imine (C=N–C) groups is 1. The summed E-state index contributed by atoms with van der Waals surface area (Å²) in [5, 5.41) is 15.1. The Kier molecular flexibility index (Phi) is 6.36. The van der Waals surface area contributed by atoms with Crippen LogP contribution < -0.4 is 4.74 Å². The molecule has 2 aliphatic rings. The second-order valence-corrected chi connectivity index (χ2v) is 10.2. The lowest BCUT2D eigenvalue weighted by atomic mass is 10.1. The quantitative estimate of drug-likeness (QED) is 0.459. The van der Waals surface area contributed by atoms with Crippen molar-refractivity contribution in [1.82, 2.24) is 9.58 Å². The summed E-state index contributed by atoms with van der Waals surface area (Å²) >= 11 is 2.89. The molecule has 0 aliphatic carbocycles. The molecular weight excluding hydrogens is 478 g/mol. The van der Waals surface area contributed by atoms with E-state index >= 15 is 0 Å². The molecule has 0 unspecified atom stereocenters. The molecule has 5 rings (SSSR count). The van der Waals surface area contributed by atoms with Crippen molar-refractivity contribution in [3.63, 3.8) is 0 Å². The Bertz CT molecular complexity index is 1420. The lowest BCUT2D eigenvalue weighted by Crippen LogP contribution is -2.35. The zero-order valence-electron chi connectivity index (χ0n) is 19.5. The fourth-order valence-electron chi connectivity index (χ4n) is 4.03. The summed E-state index contributed by atoms with van der Waals surface area (Å²) in [6.07, 6.45) is 1.73. The van der Waals surface area contributed by atoms with Crippen LogP contribution in [0.4, 0.5) is 0 Å². The fourth-order valence-corrected chi connectivity index (χ4v) is 5.91. The molecule has 176 valence electrons. The van der Waals surface area contributed by atoms with Gasteiger partial charge >= 0.3 is 0 Å². The number of carbonyl (C=O) groups excluding carboxylic acids is 1. The number of benzene rings is 2. The summed E-state index contributed by atoms with van der Waals surface area (Å²) in [4.78, 5) is 17.1. The Labute approximate surface area is 212 Å². The van der Waals surface area contributed by atoms with Crippen molar-refractivity contribution in [2.24, 2.45) is 10.1 Å². The second kappa shape index (κ2) is 9.59. The molecule has 1 aromatic heterocycles. The van der Waals surface area contributed by atoms with E-state index in [1.807, 2.05) is 62.4 Å². The summed E-state index contributed by atoms with van der Waals surface area (Å²) < 4.78 is 8.39. The molecular formula is C26H23N5O2S2. The van der Waals surface area contributed by atoms with Crippen LogP contribution in [0.15, 0.2) is 76.3 Å². The second-order valence-electron chi connectivity index (χ2n) is 7.99. The molecule has 3 heterocycles. The number of aromatic nitrogens is 1. The molecule has 2 aromatic carbocycles. The standard InChI is InChI=1S/C26H23N5O2S2/c1-16-13-19(17(2)30(16)21-11-7-8-12-22(21)33-3)14-20-23(27)31-25(28-24(20)32)35-26(29-31)34-15-18-9-5-4-6-10-18/h4-14,27H,15H2,1-3H3/b20-14-,27-23?. The number of carbonyl (C=O) groups is 1. The van der Waals surface area contributed by atoms with Gasteiger partial charge in [-0.1, -0.05) is 54.2 Å². The van der Waals surface area contributed by atoms with Gasteiger partial charge in [0, 0.05) is 17.1 Å². The number of nitrogens with one attached hydrogen (secondary N) is 1. The molecule has 0 radical (unpaired) electrons. The Morgan fingerprint density at radius 2 is 1.86 bits per heavy atom. The average molecular weight is 502 g/mol. The van der Waals surface area contributed by atoms with Crippen molar-refractivity contribution >= 4 is 50.9 Å². The number of nitrogens with zero attached hydrogens (tertiary/aromatic N) is 4. The zero-order valence-corrected chi connectivity index (χ0v) is 21.1. The predicted octanol–water partition coefficient (Wildman–Crippen LogP) is 5.61. The van der Waals surface area contributed by atoms with Gasteiger partial charge < -0.3 is 9.30 Å². The summed E-state index contributed by atoms with van der Waals surface area (Å²) in [6.45, 7) is 3.99. The molecule has 2 aliphatic heterocycles. The van der Waals surface area contributed by atoms with Crippen LogP contribution >= 0.6 is 23.5 Å². The Morgan fingerprint density at radius 3 is 2.63 bits per heavy atom. The summed E-state index contributed by atoms with van der Waals surface area (Å²) in [7, 11) is 1.65. The van der Waals surface area contributed by atoms with Crippen molar-refractivity contribution in [2.45, 2.75) is 19.6 Å². The normalized spacial score (nSPS) is 16.4. The third-order valence-corrected chi connectivity index (χ3v) is 7.85. The maximum atomic E-state index is 12.9. The molecule has 0 atom stereocenters. The number of para-hydroxylation sites is 2. The number of thioether (sulfide) groups is 2. The average Bonchev–Trinajstić information content (AvgIpc) is 3.40. The number of rotatable bonds is 5. The van der Waals surface area contributed by atoms with Crippen molar-refractivity contribution in [2.75, 3.05) is 7.11 Å². The lowest BCUT2D eigenvalue weighted by Gasteiger charge is -2.20. The molecule has 0 saturated carbocycles. The molecule has 1 amide bonds. The maximum Gasteiger partial charge on any atom is 0.283 e. The van der Waals surface area contributed by atoms with Crippen LogP contribution in [-0.4, -0.2) is 38.0 Å². The summed E-state index contributed by atoms with van der Waals surface area (Å²) in [5.74, 6) is 1.12. The van der Waals surface area contributed by atoms with Gasteiger partial charge in [0.25, 0.3) is 5.91 Å². The third-order valence-electron chi connectivity index (χ3n) is 5.74. The van der Waals surface area contributed by atoms with Gasteiger partial charge in [-0.3, -0.25) is 10.2 Å². The van der Waals surface area contributed by atoms with Crippen molar-refractivity contribution < 1.29 is 9.53 Å². The van der Waals surface area contributed by atoms with Crippen LogP contribution in [0.1, 0.15) is 22.5 Å². The number of methoxy groups -OCH3 is 1. The van der Waals surface area contributed by atoms with E-state index in [0.717, 1.165) is 38.5 Å². The summed E-state index contributed by atoms with van der Waals surface area (Å²) in [5.41, 5.74) is 5.09. The first-order chi connectivity index (χ1) is 17.0. The molecule has 0 saturated heterocycles. The van der Waals surface area contributed by atoms with Crippen LogP contribution in [0.3, 0.4) is 0 Å². The number of amides is 1. The number of hydrazone groups is 1. The van der Waals surface area contributed by atoms with E-state index in [1.54, 1.807) is 24.9 Å². The monoisotopic (exact) mass is 501 g/mol. The minimum absolute atomic E-state index is 0.0323. The third kappa shape index (κ3) is 4.44. The van der Waals surface area contributed by atoms with Gasteiger partial charge in [0.1, 0.15) is 5.75 Å². The summed E-state index contributed by atoms with van der Waals surface area (Å²) in [6, 6.07) is 19.9. The van der Waals surface area contributed by atoms with Crippen molar-refractivity contribution in [1.29, 1.82) is 5.41 Å². The number of aryl methyl sites for hydroxylation is 1. The highest BCUT2D eigenvalue weighted by molar-refractivity contribution is 8.45. The molecule has 3 aromatic rings. The molecule has 7 nitrogen and oxygen atoms in total. The van der Waals surface area contributed by atoms with Gasteiger partial charge in [0.05, 0.1) is 18.4 Å². The molecule has 0 fully saturated rings. The largest absolute Gasteiger partial charge is 0.495 e. The molecule has 35 heavy (non-hydrogen) atoms. The number of amidine groups is 2. The fraction of sp³-hybridized carbons (Fsp3) is 0.154. The highest BCUT2D eigenvalue weighted by Gasteiger charge is 2.36. The number of hydrogen-bond donors (Lipinski definition) is 1. The van der Waals surface area contributed by atoms with Gasteiger partial charge in [0.15, 0.2) is 10.2 Å². The Hall–Kier alpha value is -3.56. The first-order valence-corrected chi connectivity index (χ1v) is 12.8. The van der Waals surface area contributed by atoms with E-state index in [-0.39, 0.29) is 11.4 Å². The predicted molar refractivity (Wildman–Crippen MR) is 145 cm³/mol. The van der Waals surface area contributed by atoms with Crippen LogP contribution in [0.2, 0.25) is 0 Å². The lowest BCUT2D eigenvalue weighted by molar-refractivity contribution is -0.114. The van der Waals surface area contributed by atoms with E-state index in [4.69, 9.17) is 10.1 Å². The van der Waals surface area contributed by atoms with Crippen LogP contribution in [0.25, 0.3) is 11.8 Å². The van der Waals surface area contributed by atoms with E-state index < -0.39 is 5.91 Å². The topological polar surface area (TPSA) is 83.0 Å². The zero-order chi connectivity index (χ0) is 24.5. The van der Waals surface area contributed by atoms with E-state index in [9.17, 15) is 4.79 Å². The molecule has 0 bridgehead atoms. The van der Waals surface area contributed by atoms with Gasteiger partial charge in [-0.15, -0.1) is 5.10 Å². The smallest absolute Gasteiger partial charge is 0.283 e. The SMILES string of the molecule is COc1ccccc1-n1c(C)cc(/C=C2/C(=N)N3N=C(SCc4ccccc4)SC3=NC2=O)c1C. The van der Waals surface area contributed by atoms with Crippen LogP contribution in [0.5, 0.6) is 5.75 Å². The van der Waals surface area contributed by atoms with E-state index in [2.05, 4.69) is 26.8 Å². The highest BCUT2D eigenvalue weighted by Crippen LogP contribution is 2.34. The number of fused-ring (bicyclic) bond motifs is 1. The highest BCUT2D eigenvalue weighted by atomic mass is 32.2. The number of hydrogen-bond acceptors (Lipinski definition) is 6. The van der Waals surface area contributed by atoms with E-state index in [1.165, 1.54) is 22.3 Å². The van der Waals surface area contributed by atoms with E-state index in [0.29, 0.717) is 5.17 Å². The van der Waals surface area contributed by atoms with Crippen molar-refractivity contribution in [3.05, 3.63) is 88.8 Å². The molecule has 9 heteroatoms. The maximum absolute atomic E-state index is 12.9. The van der Waals surface area contributed by atoms with Gasteiger partial charge in [0.2, 0.25) is 5.17 Å². The molecule has 1 N–H and O–H groups in total.